The van der Waals surface area contributed by atoms with Crippen LogP contribution in [0.25, 0.3) is 10.2 Å². The number of hydrogen-bond donors (Lipinski definition) is 1. The molecule has 0 aliphatic rings. The molecule has 0 bridgehead atoms. The van der Waals surface area contributed by atoms with Crippen LogP contribution in [0.3, 0.4) is 0 Å². The highest BCUT2D eigenvalue weighted by atomic mass is 32.1. The molecule has 1 aromatic carbocycles. The third kappa shape index (κ3) is 2.49. The van der Waals surface area contributed by atoms with Crippen LogP contribution in [-0.2, 0) is 0 Å². The number of thiazole rings is 1. The Morgan fingerprint density at radius 2 is 2.00 bits per heavy atom. The summed E-state index contributed by atoms with van der Waals surface area (Å²) in [5.74, 6) is 3.46. The maximum absolute atomic E-state index is 5.41. The third-order valence-electron chi connectivity index (χ3n) is 2.89. The van der Waals surface area contributed by atoms with Crippen molar-refractivity contribution >= 4 is 32.5 Å². The SMILES string of the molecule is C#Cc1ccc2nc(Nc3cc(C)cc(C)n3)sc2c1. The number of hydrogen-bond acceptors (Lipinski definition) is 4. The van der Waals surface area contributed by atoms with Gasteiger partial charge in [-0.25, -0.2) is 9.97 Å². The maximum atomic E-state index is 5.41. The standard InChI is InChI=1S/C16H13N3S/c1-4-12-5-6-13-14(9-12)20-16(18-13)19-15-8-10(2)7-11(3)17-15/h1,5-9H,2-3H3,(H,17,18,19). The highest BCUT2D eigenvalue weighted by molar-refractivity contribution is 7.22. The lowest BCUT2D eigenvalue weighted by atomic mass is 10.2. The van der Waals surface area contributed by atoms with Crippen molar-refractivity contribution in [2.75, 3.05) is 5.32 Å². The van der Waals surface area contributed by atoms with E-state index in [0.717, 1.165) is 32.4 Å². The first-order valence-electron chi connectivity index (χ1n) is 6.23. The molecule has 20 heavy (non-hydrogen) atoms. The number of terminal acetylenes is 1. The highest BCUT2D eigenvalue weighted by Gasteiger charge is 2.06. The fraction of sp³-hybridized carbons (Fsp3) is 0.125. The van der Waals surface area contributed by atoms with Gasteiger partial charge in [-0.1, -0.05) is 17.3 Å². The van der Waals surface area contributed by atoms with Gasteiger partial charge in [0.15, 0.2) is 5.13 Å². The summed E-state index contributed by atoms with van der Waals surface area (Å²) < 4.78 is 1.08. The van der Waals surface area contributed by atoms with E-state index in [2.05, 4.69) is 28.1 Å². The summed E-state index contributed by atoms with van der Waals surface area (Å²) in [6.07, 6.45) is 5.41. The second kappa shape index (κ2) is 4.95. The van der Waals surface area contributed by atoms with Crippen LogP contribution in [0.1, 0.15) is 16.8 Å². The first-order chi connectivity index (χ1) is 9.64. The summed E-state index contributed by atoms with van der Waals surface area (Å²) in [7, 11) is 0. The number of aryl methyl sites for hydroxylation is 2. The van der Waals surface area contributed by atoms with Gasteiger partial charge in [-0.3, -0.25) is 0 Å². The monoisotopic (exact) mass is 279 g/mol. The van der Waals surface area contributed by atoms with Crippen molar-refractivity contribution in [3.8, 4) is 12.3 Å². The molecule has 0 saturated heterocycles. The summed E-state index contributed by atoms with van der Waals surface area (Å²) in [5, 5.41) is 4.08. The zero-order chi connectivity index (χ0) is 14.1. The lowest BCUT2D eigenvalue weighted by Crippen LogP contribution is -1.95. The minimum atomic E-state index is 0.818. The molecular weight excluding hydrogens is 266 g/mol. The van der Waals surface area contributed by atoms with Gasteiger partial charge in [0.25, 0.3) is 0 Å². The molecular formula is C16H13N3S. The van der Waals surface area contributed by atoms with Crippen molar-refractivity contribution < 1.29 is 0 Å². The van der Waals surface area contributed by atoms with Gasteiger partial charge in [0, 0.05) is 11.3 Å². The van der Waals surface area contributed by atoms with Crippen LogP contribution in [0, 0.1) is 26.2 Å². The number of rotatable bonds is 2. The van der Waals surface area contributed by atoms with E-state index in [9.17, 15) is 0 Å². The zero-order valence-electron chi connectivity index (χ0n) is 11.3. The summed E-state index contributed by atoms with van der Waals surface area (Å²) in [6, 6.07) is 9.88. The number of anilines is 2. The number of fused-ring (bicyclic) bond motifs is 1. The summed E-state index contributed by atoms with van der Waals surface area (Å²) >= 11 is 1.58. The lowest BCUT2D eigenvalue weighted by molar-refractivity contribution is 1.17. The van der Waals surface area contributed by atoms with Gasteiger partial charge >= 0.3 is 0 Å². The molecule has 0 amide bonds. The molecule has 1 N–H and O–H groups in total. The molecule has 0 aliphatic carbocycles. The summed E-state index contributed by atoms with van der Waals surface area (Å²) in [6.45, 7) is 4.03. The Morgan fingerprint density at radius 1 is 1.15 bits per heavy atom. The molecule has 3 aromatic rings. The Morgan fingerprint density at radius 3 is 2.75 bits per heavy atom. The Balaban J connectivity index is 1.96. The van der Waals surface area contributed by atoms with Crippen LogP contribution in [0.4, 0.5) is 10.9 Å². The van der Waals surface area contributed by atoms with Crippen molar-refractivity contribution in [2.45, 2.75) is 13.8 Å². The van der Waals surface area contributed by atoms with Gasteiger partial charge in [-0.05, 0) is 49.7 Å². The van der Waals surface area contributed by atoms with Crippen LogP contribution in [0.5, 0.6) is 0 Å². The van der Waals surface area contributed by atoms with Gasteiger partial charge in [-0.15, -0.1) is 6.42 Å². The number of aromatic nitrogens is 2. The number of benzene rings is 1. The maximum Gasteiger partial charge on any atom is 0.189 e. The predicted molar refractivity (Wildman–Crippen MR) is 84.5 cm³/mol. The zero-order valence-corrected chi connectivity index (χ0v) is 12.1. The van der Waals surface area contributed by atoms with Crippen LogP contribution in [-0.4, -0.2) is 9.97 Å². The van der Waals surface area contributed by atoms with Gasteiger partial charge in [0.2, 0.25) is 0 Å². The molecule has 3 rings (SSSR count). The number of nitrogens with one attached hydrogen (secondary N) is 1. The Bertz CT molecular complexity index is 807. The van der Waals surface area contributed by atoms with E-state index in [0.29, 0.717) is 0 Å². The molecule has 2 heterocycles. The molecule has 0 spiro atoms. The molecule has 0 unspecified atom stereocenters. The van der Waals surface area contributed by atoms with Crippen molar-refractivity contribution in [1.82, 2.24) is 9.97 Å². The minimum absolute atomic E-state index is 0.818. The largest absolute Gasteiger partial charge is 0.316 e. The third-order valence-corrected chi connectivity index (χ3v) is 3.82. The minimum Gasteiger partial charge on any atom is -0.316 e. The van der Waals surface area contributed by atoms with Crippen LogP contribution >= 0.6 is 11.3 Å². The summed E-state index contributed by atoms with van der Waals surface area (Å²) in [4.78, 5) is 9.00. The number of pyridine rings is 1. The molecule has 4 heteroatoms. The first kappa shape index (κ1) is 12.6. The van der Waals surface area contributed by atoms with Crippen molar-refractivity contribution in [2.24, 2.45) is 0 Å². The van der Waals surface area contributed by atoms with E-state index in [1.165, 1.54) is 5.56 Å². The van der Waals surface area contributed by atoms with E-state index >= 15 is 0 Å². The normalized spacial score (nSPS) is 10.4. The smallest absolute Gasteiger partial charge is 0.189 e. The molecule has 0 aliphatic heterocycles. The quantitative estimate of drug-likeness (QED) is 0.720. The van der Waals surface area contributed by atoms with Crippen molar-refractivity contribution in [3.63, 3.8) is 0 Å². The molecule has 0 fully saturated rings. The molecule has 0 radical (unpaired) electrons. The van der Waals surface area contributed by atoms with Gasteiger partial charge in [0.1, 0.15) is 5.82 Å². The topological polar surface area (TPSA) is 37.8 Å². The Labute approximate surface area is 121 Å². The van der Waals surface area contributed by atoms with Crippen LogP contribution < -0.4 is 5.32 Å². The van der Waals surface area contributed by atoms with E-state index in [-0.39, 0.29) is 0 Å². The van der Waals surface area contributed by atoms with Crippen LogP contribution in [0.15, 0.2) is 30.3 Å². The van der Waals surface area contributed by atoms with E-state index in [1.54, 1.807) is 11.3 Å². The molecule has 2 aromatic heterocycles. The van der Waals surface area contributed by atoms with Crippen LogP contribution in [0.2, 0.25) is 0 Å². The van der Waals surface area contributed by atoms with E-state index < -0.39 is 0 Å². The fourth-order valence-corrected chi connectivity index (χ4v) is 2.99. The molecule has 0 atom stereocenters. The van der Waals surface area contributed by atoms with E-state index in [1.807, 2.05) is 37.3 Å². The van der Waals surface area contributed by atoms with Crippen molar-refractivity contribution in [1.29, 1.82) is 0 Å². The van der Waals surface area contributed by atoms with E-state index in [4.69, 9.17) is 6.42 Å². The molecule has 3 nitrogen and oxygen atoms in total. The Hall–Kier alpha value is -2.38. The number of nitrogens with zero attached hydrogens (tertiary/aromatic N) is 2. The highest BCUT2D eigenvalue weighted by Crippen LogP contribution is 2.28. The second-order valence-corrected chi connectivity index (χ2v) is 5.67. The summed E-state index contributed by atoms with van der Waals surface area (Å²) in [5.41, 5.74) is 3.98. The second-order valence-electron chi connectivity index (χ2n) is 4.64. The van der Waals surface area contributed by atoms with Gasteiger partial charge in [-0.2, -0.15) is 0 Å². The fourth-order valence-electron chi connectivity index (χ4n) is 2.08. The average Bonchev–Trinajstić information content (AvgIpc) is 2.78. The lowest BCUT2D eigenvalue weighted by Gasteiger charge is -2.03. The first-order valence-corrected chi connectivity index (χ1v) is 7.05. The predicted octanol–water partition coefficient (Wildman–Crippen LogP) is 4.03. The molecule has 98 valence electrons. The average molecular weight is 279 g/mol. The van der Waals surface area contributed by atoms with Gasteiger partial charge in [0.05, 0.1) is 10.2 Å². The Kier molecular flexibility index (Phi) is 3.13. The van der Waals surface area contributed by atoms with Crippen molar-refractivity contribution in [3.05, 3.63) is 47.2 Å². The molecule has 0 saturated carbocycles. The van der Waals surface area contributed by atoms with Gasteiger partial charge < -0.3 is 5.32 Å².